The van der Waals surface area contributed by atoms with Gasteiger partial charge in [0, 0.05) is 17.8 Å². The van der Waals surface area contributed by atoms with Crippen molar-refractivity contribution in [1.82, 2.24) is 14.9 Å². The fourth-order valence-electron chi connectivity index (χ4n) is 4.61. The predicted molar refractivity (Wildman–Crippen MR) is 111 cm³/mol. The Bertz CT molecular complexity index is 931. The van der Waals surface area contributed by atoms with Gasteiger partial charge in [0.2, 0.25) is 23.7 Å². The molecule has 30 heavy (non-hydrogen) atoms. The number of fused-ring (bicyclic) bond motifs is 1. The van der Waals surface area contributed by atoms with E-state index in [1.807, 2.05) is 50.2 Å². The lowest BCUT2D eigenvalue weighted by atomic mass is 9.81. The van der Waals surface area contributed by atoms with Crippen LogP contribution in [0.25, 0.3) is 0 Å². The van der Waals surface area contributed by atoms with Crippen molar-refractivity contribution in [3.63, 3.8) is 0 Å². The average molecular weight is 406 g/mol. The molecule has 0 unspecified atom stereocenters. The Kier molecular flexibility index (Phi) is 5.61. The van der Waals surface area contributed by atoms with E-state index in [1.54, 1.807) is 0 Å². The van der Waals surface area contributed by atoms with Crippen molar-refractivity contribution in [2.75, 3.05) is 5.32 Å². The molecule has 4 rings (SSSR count). The third-order valence-corrected chi connectivity index (χ3v) is 5.98. The fraction of sp³-hybridized carbons (Fsp3) is 0.435. The third kappa shape index (κ3) is 3.97. The highest BCUT2D eigenvalue weighted by Crippen LogP contribution is 2.39. The van der Waals surface area contributed by atoms with Crippen molar-refractivity contribution >= 4 is 23.7 Å². The molecule has 0 bridgehead atoms. The molecule has 2 aromatic rings. The van der Waals surface area contributed by atoms with Crippen LogP contribution in [0.15, 0.2) is 36.4 Å². The number of hydrogen-bond acceptors (Lipinski definition) is 5. The summed E-state index contributed by atoms with van der Waals surface area (Å²) in [7, 11) is 0. The van der Waals surface area contributed by atoms with Gasteiger partial charge in [-0.05, 0) is 38.3 Å². The summed E-state index contributed by atoms with van der Waals surface area (Å²) in [6, 6.07) is 10.3. The molecule has 2 aliphatic rings. The topological polar surface area (TPSA) is 92.3 Å². The Morgan fingerprint density at radius 1 is 1.03 bits per heavy atom. The summed E-state index contributed by atoms with van der Waals surface area (Å²) in [6.07, 6.45) is 3.57. The summed E-state index contributed by atoms with van der Waals surface area (Å²) in [5.41, 5.74) is 2.35. The molecule has 3 amide bonds. The van der Waals surface area contributed by atoms with Crippen LogP contribution in [0.3, 0.4) is 0 Å². The van der Waals surface area contributed by atoms with Crippen molar-refractivity contribution < 1.29 is 14.4 Å². The largest absolute Gasteiger partial charge is 0.293 e. The number of nitrogens with one attached hydrogen (secondary N) is 1. The Morgan fingerprint density at radius 3 is 2.17 bits per heavy atom. The number of amides is 3. The summed E-state index contributed by atoms with van der Waals surface area (Å²) < 4.78 is 0. The van der Waals surface area contributed by atoms with Gasteiger partial charge in [0.1, 0.15) is 6.04 Å². The summed E-state index contributed by atoms with van der Waals surface area (Å²) in [5.74, 6) is -1.29. The number of carbonyl (C=O) groups is 3. The second-order valence-corrected chi connectivity index (χ2v) is 8.21. The number of carbonyl (C=O) groups excluding carboxylic acids is 3. The molecule has 1 aromatic heterocycles. The number of imide groups is 1. The number of rotatable bonds is 5. The second-order valence-electron chi connectivity index (χ2n) is 8.21. The van der Waals surface area contributed by atoms with E-state index in [9.17, 15) is 14.4 Å². The molecular formula is C23H26N4O3. The minimum absolute atomic E-state index is 0.187. The average Bonchev–Trinajstić information content (AvgIpc) is 2.97. The molecule has 3 atom stereocenters. The van der Waals surface area contributed by atoms with Gasteiger partial charge in [-0.2, -0.15) is 0 Å². The van der Waals surface area contributed by atoms with Crippen LogP contribution in [-0.4, -0.2) is 38.6 Å². The molecule has 7 heteroatoms. The predicted octanol–water partition coefficient (Wildman–Crippen LogP) is 2.82. The monoisotopic (exact) mass is 406 g/mol. The van der Waals surface area contributed by atoms with E-state index in [4.69, 9.17) is 0 Å². The number of likely N-dealkylation sites (tertiary alicyclic amines) is 1. The second kappa shape index (κ2) is 8.34. The number of hydrogen-bond donors (Lipinski definition) is 1. The number of benzene rings is 1. The van der Waals surface area contributed by atoms with E-state index in [-0.39, 0.29) is 36.0 Å². The molecule has 1 aliphatic carbocycles. The molecule has 7 nitrogen and oxygen atoms in total. The number of aromatic nitrogens is 2. The van der Waals surface area contributed by atoms with E-state index in [0.29, 0.717) is 12.8 Å². The molecule has 1 aromatic carbocycles. The maximum Gasteiger partial charge on any atom is 0.250 e. The maximum atomic E-state index is 13.3. The molecule has 2 heterocycles. The van der Waals surface area contributed by atoms with Crippen molar-refractivity contribution in [2.45, 2.75) is 52.0 Å². The van der Waals surface area contributed by atoms with Crippen LogP contribution in [-0.2, 0) is 20.8 Å². The lowest BCUT2D eigenvalue weighted by Crippen LogP contribution is -2.49. The molecule has 0 radical (unpaired) electrons. The zero-order chi connectivity index (χ0) is 21.3. The van der Waals surface area contributed by atoms with Crippen LogP contribution in [0.5, 0.6) is 0 Å². The van der Waals surface area contributed by atoms with E-state index >= 15 is 0 Å². The molecule has 1 aliphatic heterocycles. The van der Waals surface area contributed by atoms with Gasteiger partial charge in [0.25, 0.3) is 0 Å². The van der Waals surface area contributed by atoms with Gasteiger partial charge in [0.15, 0.2) is 0 Å². The van der Waals surface area contributed by atoms with Gasteiger partial charge in [-0.1, -0.05) is 43.2 Å². The zero-order valence-electron chi connectivity index (χ0n) is 17.3. The van der Waals surface area contributed by atoms with Gasteiger partial charge in [-0.3, -0.25) is 24.6 Å². The molecule has 2 fully saturated rings. The minimum atomic E-state index is -0.928. The lowest BCUT2D eigenvalue weighted by Gasteiger charge is -2.26. The number of anilines is 1. The fourth-order valence-corrected chi connectivity index (χ4v) is 4.61. The molecule has 1 saturated heterocycles. The van der Waals surface area contributed by atoms with E-state index in [0.717, 1.165) is 29.8 Å². The van der Waals surface area contributed by atoms with Crippen LogP contribution in [0.4, 0.5) is 5.95 Å². The van der Waals surface area contributed by atoms with E-state index in [2.05, 4.69) is 15.3 Å². The third-order valence-electron chi connectivity index (χ3n) is 5.98. The highest BCUT2D eigenvalue weighted by molar-refractivity contribution is 6.09. The molecular weight excluding hydrogens is 380 g/mol. The highest BCUT2D eigenvalue weighted by atomic mass is 16.2. The van der Waals surface area contributed by atoms with E-state index < -0.39 is 11.9 Å². The summed E-state index contributed by atoms with van der Waals surface area (Å²) in [4.78, 5) is 49.3. The Labute approximate surface area is 175 Å². The normalized spacial score (nSPS) is 22.0. The Hall–Kier alpha value is -3.09. The van der Waals surface area contributed by atoms with Crippen molar-refractivity contribution in [3.8, 4) is 0 Å². The summed E-state index contributed by atoms with van der Waals surface area (Å²) in [5, 5.41) is 2.74. The van der Waals surface area contributed by atoms with Crippen molar-refractivity contribution in [3.05, 3.63) is 53.3 Å². The standard InChI is InChI=1S/C23H26N4O3/c1-14-12-15(2)25-23(24-14)26-20(28)19(13-16-8-4-3-5-9-16)27-21(29)17-10-6-7-11-18(17)22(27)30/h3-5,8-9,12,17-19H,6-7,10-11,13H2,1-2H3,(H,24,25,26,28)/t17-,18+,19-/m1/s1. The molecule has 1 N–H and O–H groups in total. The van der Waals surface area contributed by atoms with Gasteiger partial charge in [-0.15, -0.1) is 0 Å². The first-order chi connectivity index (χ1) is 14.4. The molecule has 0 spiro atoms. The van der Waals surface area contributed by atoms with E-state index in [1.165, 1.54) is 4.90 Å². The molecule has 156 valence electrons. The number of aryl methyl sites for hydroxylation is 2. The van der Waals surface area contributed by atoms with Crippen LogP contribution in [0, 0.1) is 25.7 Å². The zero-order valence-corrected chi connectivity index (χ0v) is 17.3. The molecule has 1 saturated carbocycles. The van der Waals surface area contributed by atoms with Crippen LogP contribution < -0.4 is 5.32 Å². The quantitative estimate of drug-likeness (QED) is 0.771. The smallest absolute Gasteiger partial charge is 0.250 e. The Morgan fingerprint density at radius 2 is 1.60 bits per heavy atom. The van der Waals surface area contributed by atoms with Gasteiger partial charge in [0.05, 0.1) is 11.8 Å². The highest BCUT2D eigenvalue weighted by Gasteiger charge is 2.51. The van der Waals surface area contributed by atoms with Crippen molar-refractivity contribution in [2.24, 2.45) is 11.8 Å². The van der Waals surface area contributed by atoms with Crippen LogP contribution in [0.2, 0.25) is 0 Å². The van der Waals surface area contributed by atoms with Crippen molar-refractivity contribution in [1.29, 1.82) is 0 Å². The lowest BCUT2D eigenvalue weighted by molar-refractivity contribution is -0.146. The first kappa shape index (κ1) is 20.2. The Balaban J connectivity index is 1.64. The SMILES string of the molecule is Cc1cc(C)nc(NC(=O)[C@@H](Cc2ccccc2)N2C(=O)[C@H]3CCCC[C@H]3C2=O)n1. The first-order valence-corrected chi connectivity index (χ1v) is 10.5. The van der Waals surface area contributed by atoms with Gasteiger partial charge in [-0.25, -0.2) is 9.97 Å². The van der Waals surface area contributed by atoms with Crippen LogP contribution >= 0.6 is 0 Å². The number of nitrogens with zero attached hydrogens (tertiary/aromatic N) is 3. The minimum Gasteiger partial charge on any atom is -0.293 e. The summed E-state index contributed by atoms with van der Waals surface area (Å²) in [6.45, 7) is 3.65. The summed E-state index contributed by atoms with van der Waals surface area (Å²) >= 11 is 0. The maximum absolute atomic E-state index is 13.3. The van der Waals surface area contributed by atoms with Gasteiger partial charge >= 0.3 is 0 Å². The first-order valence-electron chi connectivity index (χ1n) is 10.5. The van der Waals surface area contributed by atoms with Gasteiger partial charge < -0.3 is 0 Å². The van der Waals surface area contributed by atoms with Crippen LogP contribution in [0.1, 0.15) is 42.6 Å².